The number of fused-ring (bicyclic) bond motifs is 1. The Morgan fingerprint density at radius 3 is 2.94 bits per heavy atom. The zero-order valence-corrected chi connectivity index (χ0v) is 9.34. The summed E-state index contributed by atoms with van der Waals surface area (Å²) in [5.74, 6) is -0.0106. The van der Waals surface area contributed by atoms with Crippen molar-refractivity contribution in [2.45, 2.75) is 6.54 Å². The minimum Gasteiger partial charge on any atom is -0.439 e. The number of hydrogen-bond acceptors (Lipinski definition) is 5. The molecular weight excluding hydrogens is 236 g/mol. The number of carbonyl (C=O) groups excluding carboxylic acids is 2. The normalized spacial score (nSPS) is 15.4. The molecule has 18 heavy (non-hydrogen) atoms. The maximum absolute atomic E-state index is 11.4. The number of benzene rings is 1. The fourth-order valence-corrected chi connectivity index (χ4v) is 1.83. The van der Waals surface area contributed by atoms with Gasteiger partial charge in [-0.05, 0) is 12.1 Å². The number of anilines is 1. The molecule has 0 aliphatic carbocycles. The van der Waals surface area contributed by atoms with Crippen molar-refractivity contribution in [3.63, 3.8) is 0 Å². The monoisotopic (exact) mass is 246 g/mol. The third-order valence-electron chi connectivity index (χ3n) is 2.72. The van der Waals surface area contributed by atoms with Gasteiger partial charge in [-0.3, -0.25) is 9.69 Å². The van der Waals surface area contributed by atoms with Gasteiger partial charge in [-0.25, -0.2) is 9.78 Å². The van der Waals surface area contributed by atoms with Crippen LogP contribution in [0.25, 0.3) is 11.1 Å². The molecule has 0 bridgehead atoms. The van der Waals surface area contributed by atoms with Crippen molar-refractivity contribution >= 4 is 28.7 Å². The summed E-state index contributed by atoms with van der Waals surface area (Å²) in [5.41, 5.74) is 7.33. The lowest BCUT2D eigenvalue weighted by atomic mass is 10.3. The Kier molecular flexibility index (Phi) is 2.19. The Labute approximate surface area is 102 Å². The van der Waals surface area contributed by atoms with Crippen LogP contribution < -0.4 is 11.1 Å². The van der Waals surface area contributed by atoms with Gasteiger partial charge in [0.25, 0.3) is 5.91 Å². The molecule has 0 atom stereocenters. The van der Waals surface area contributed by atoms with E-state index in [4.69, 9.17) is 10.2 Å². The number of nitrogen functional groups attached to an aromatic ring is 1. The topological polar surface area (TPSA) is 101 Å². The molecule has 1 saturated heterocycles. The summed E-state index contributed by atoms with van der Waals surface area (Å²) in [6, 6.07) is 4.76. The highest BCUT2D eigenvalue weighted by molar-refractivity contribution is 6.01. The van der Waals surface area contributed by atoms with Crippen molar-refractivity contribution in [1.29, 1.82) is 0 Å². The van der Waals surface area contributed by atoms with E-state index < -0.39 is 6.03 Å². The molecule has 7 nitrogen and oxygen atoms in total. The van der Waals surface area contributed by atoms with Gasteiger partial charge in [0.15, 0.2) is 5.58 Å². The molecular formula is C11H10N4O3. The molecule has 92 valence electrons. The van der Waals surface area contributed by atoms with Gasteiger partial charge >= 0.3 is 6.03 Å². The largest absolute Gasteiger partial charge is 0.439 e. The van der Waals surface area contributed by atoms with E-state index in [1.807, 2.05) is 0 Å². The van der Waals surface area contributed by atoms with Crippen LogP contribution in [0.15, 0.2) is 22.6 Å². The molecule has 1 aliphatic heterocycles. The third-order valence-corrected chi connectivity index (χ3v) is 2.72. The van der Waals surface area contributed by atoms with E-state index >= 15 is 0 Å². The van der Waals surface area contributed by atoms with Crippen LogP contribution in [0, 0.1) is 0 Å². The average molecular weight is 246 g/mol. The smallest absolute Gasteiger partial charge is 0.325 e. The van der Waals surface area contributed by atoms with Gasteiger partial charge < -0.3 is 15.5 Å². The van der Waals surface area contributed by atoms with E-state index in [1.165, 1.54) is 0 Å². The van der Waals surface area contributed by atoms with Crippen LogP contribution in [-0.4, -0.2) is 28.4 Å². The minimum atomic E-state index is -0.435. The van der Waals surface area contributed by atoms with Gasteiger partial charge in [0.05, 0.1) is 12.2 Å². The molecule has 3 amide bonds. The lowest BCUT2D eigenvalue weighted by Crippen LogP contribution is -2.30. The number of imide groups is 1. The second kappa shape index (κ2) is 3.73. The Balaban J connectivity index is 1.93. The highest BCUT2D eigenvalue weighted by atomic mass is 16.3. The molecule has 7 heteroatoms. The summed E-state index contributed by atoms with van der Waals surface area (Å²) in [4.78, 5) is 28.0. The summed E-state index contributed by atoms with van der Waals surface area (Å²) in [6.45, 7) is 0.0278. The molecule has 2 heterocycles. The van der Waals surface area contributed by atoms with Crippen LogP contribution >= 0.6 is 0 Å². The molecule has 1 aromatic carbocycles. The van der Waals surface area contributed by atoms with Crippen molar-refractivity contribution < 1.29 is 14.0 Å². The number of amides is 3. The van der Waals surface area contributed by atoms with E-state index in [0.29, 0.717) is 16.8 Å². The second-order valence-electron chi connectivity index (χ2n) is 3.94. The van der Waals surface area contributed by atoms with Crippen molar-refractivity contribution in [1.82, 2.24) is 15.2 Å². The Hall–Kier alpha value is -2.57. The summed E-state index contributed by atoms with van der Waals surface area (Å²) in [6.07, 6.45) is 0. The van der Waals surface area contributed by atoms with Gasteiger partial charge in [-0.15, -0.1) is 0 Å². The predicted octanol–water partition coefficient (Wildman–Crippen LogP) is 0.462. The van der Waals surface area contributed by atoms with Crippen LogP contribution in [0.1, 0.15) is 5.89 Å². The zero-order chi connectivity index (χ0) is 12.7. The fraction of sp³-hybridized carbons (Fsp3) is 0.182. The summed E-state index contributed by atoms with van der Waals surface area (Å²) >= 11 is 0. The maximum Gasteiger partial charge on any atom is 0.325 e. The van der Waals surface area contributed by atoms with E-state index in [0.717, 1.165) is 4.90 Å². The van der Waals surface area contributed by atoms with Gasteiger partial charge in [0.1, 0.15) is 12.1 Å². The highest BCUT2D eigenvalue weighted by Gasteiger charge is 2.29. The Morgan fingerprint density at radius 2 is 2.28 bits per heavy atom. The van der Waals surface area contributed by atoms with E-state index in [-0.39, 0.29) is 24.9 Å². The molecule has 0 spiro atoms. The maximum atomic E-state index is 11.4. The number of urea groups is 1. The van der Waals surface area contributed by atoms with Gasteiger partial charge in [-0.2, -0.15) is 0 Å². The second-order valence-corrected chi connectivity index (χ2v) is 3.94. The van der Waals surface area contributed by atoms with Crippen LogP contribution in [-0.2, 0) is 11.3 Å². The molecule has 0 radical (unpaired) electrons. The van der Waals surface area contributed by atoms with Crippen LogP contribution in [0.3, 0.4) is 0 Å². The average Bonchev–Trinajstić information content (AvgIpc) is 2.89. The Bertz CT molecular complexity index is 633. The number of rotatable bonds is 2. The van der Waals surface area contributed by atoms with Crippen molar-refractivity contribution in [3.8, 4) is 0 Å². The van der Waals surface area contributed by atoms with Gasteiger partial charge in [-0.1, -0.05) is 6.07 Å². The summed E-state index contributed by atoms with van der Waals surface area (Å²) < 4.78 is 5.44. The quantitative estimate of drug-likeness (QED) is 0.592. The number of aromatic nitrogens is 1. The first-order valence-corrected chi connectivity index (χ1v) is 5.37. The Morgan fingerprint density at radius 1 is 1.44 bits per heavy atom. The van der Waals surface area contributed by atoms with Crippen LogP contribution in [0.5, 0.6) is 0 Å². The van der Waals surface area contributed by atoms with Gasteiger partial charge in [0, 0.05) is 0 Å². The molecule has 1 fully saturated rings. The number of hydrogen-bond donors (Lipinski definition) is 2. The number of carbonyl (C=O) groups is 2. The summed E-state index contributed by atoms with van der Waals surface area (Å²) in [5, 5.41) is 2.43. The first-order chi connectivity index (χ1) is 8.65. The van der Waals surface area contributed by atoms with Gasteiger partial charge in [0.2, 0.25) is 5.89 Å². The summed E-state index contributed by atoms with van der Waals surface area (Å²) in [7, 11) is 0. The predicted molar refractivity (Wildman–Crippen MR) is 62.4 cm³/mol. The fourth-order valence-electron chi connectivity index (χ4n) is 1.83. The molecule has 1 aromatic heterocycles. The molecule has 0 saturated carbocycles. The first-order valence-electron chi connectivity index (χ1n) is 5.37. The number of para-hydroxylation sites is 1. The minimum absolute atomic E-state index is 0.0127. The van der Waals surface area contributed by atoms with Crippen molar-refractivity contribution in [2.24, 2.45) is 0 Å². The van der Waals surface area contributed by atoms with Crippen LogP contribution in [0.4, 0.5) is 10.5 Å². The van der Waals surface area contributed by atoms with E-state index in [9.17, 15) is 9.59 Å². The SMILES string of the molecule is Nc1cccc2oc(CN3C(=O)CNC3=O)nc12. The number of nitrogens with two attached hydrogens (primary N) is 1. The lowest BCUT2D eigenvalue weighted by Gasteiger charge is -2.08. The van der Waals surface area contributed by atoms with Crippen LogP contribution in [0.2, 0.25) is 0 Å². The lowest BCUT2D eigenvalue weighted by molar-refractivity contribution is -0.125. The standard InChI is InChI=1S/C11H10N4O3/c12-6-2-1-3-7-10(6)14-8(18-7)5-15-9(16)4-13-11(15)17/h1-3H,4-5,12H2,(H,13,17). The van der Waals surface area contributed by atoms with Crippen molar-refractivity contribution in [3.05, 3.63) is 24.1 Å². The van der Waals surface area contributed by atoms with Crippen molar-refractivity contribution in [2.75, 3.05) is 12.3 Å². The zero-order valence-electron chi connectivity index (χ0n) is 9.34. The first kappa shape index (κ1) is 10.6. The number of oxazole rings is 1. The number of nitrogens with one attached hydrogen (secondary N) is 1. The molecule has 3 rings (SSSR count). The van der Waals surface area contributed by atoms with E-state index in [1.54, 1.807) is 18.2 Å². The molecule has 2 aromatic rings. The molecule has 3 N–H and O–H groups in total. The molecule has 1 aliphatic rings. The molecule has 0 unspecified atom stereocenters. The van der Waals surface area contributed by atoms with E-state index in [2.05, 4.69) is 10.3 Å². The highest BCUT2D eigenvalue weighted by Crippen LogP contribution is 2.22. The third kappa shape index (κ3) is 1.56. The number of nitrogens with zero attached hydrogens (tertiary/aromatic N) is 2.